The summed E-state index contributed by atoms with van der Waals surface area (Å²) in [5.74, 6) is 0.498. The van der Waals surface area contributed by atoms with E-state index in [-0.39, 0.29) is 12.3 Å². The lowest BCUT2D eigenvalue weighted by Crippen LogP contribution is -2.45. The van der Waals surface area contributed by atoms with E-state index in [9.17, 15) is 4.79 Å². The maximum absolute atomic E-state index is 13.0. The number of nitrogens with zero attached hydrogens (tertiary/aromatic N) is 4. The molecule has 2 aromatic rings. The second-order valence-corrected chi connectivity index (χ2v) is 9.73. The van der Waals surface area contributed by atoms with Gasteiger partial charge in [0.15, 0.2) is 5.76 Å². The van der Waals surface area contributed by atoms with Gasteiger partial charge in [0.2, 0.25) is 5.91 Å². The second-order valence-electron chi connectivity index (χ2n) is 9.30. The molecule has 2 aliphatic rings. The molecule has 0 radical (unpaired) electrons. The van der Waals surface area contributed by atoms with Gasteiger partial charge in [-0.05, 0) is 44.6 Å². The molecule has 0 spiro atoms. The average Bonchev–Trinajstić information content (AvgIpc) is 3.19. The van der Waals surface area contributed by atoms with Gasteiger partial charge in [-0.1, -0.05) is 54.2 Å². The molecule has 0 unspecified atom stereocenters. The highest BCUT2D eigenvalue weighted by atomic mass is 35.5. The third kappa shape index (κ3) is 5.86. The standard InChI is InChI=1S/C28H34ClN5O2/c1-5-22-23(6-2)27(20-8-10-21(29)11-9-20)31-24(28-26(22)19(3)32-36-28)18-25(35)30-12-7-13-34-16-14-33(4)15-17-34/h5-6,8-11,24H,1-2,7,12-18H2,3-4H3,(H,30,35)/t24-/m0/s1. The van der Waals surface area contributed by atoms with Crippen LogP contribution in [0.2, 0.25) is 5.02 Å². The van der Waals surface area contributed by atoms with E-state index in [1.165, 1.54) is 0 Å². The third-order valence-corrected chi connectivity index (χ3v) is 7.02. The van der Waals surface area contributed by atoms with E-state index >= 15 is 0 Å². The summed E-state index contributed by atoms with van der Waals surface area (Å²) >= 11 is 6.13. The number of amides is 1. The Bertz CT molecular complexity index is 1170. The molecular weight excluding hydrogens is 474 g/mol. The molecule has 3 heterocycles. The SMILES string of the molecule is C=CC1=C(C=C)c2c(C)noc2[C@H](CC(=O)NCCCN2CCN(C)CC2)N=C1c1ccc(Cl)cc1. The second kappa shape index (κ2) is 11.8. The Morgan fingerprint density at radius 2 is 1.86 bits per heavy atom. The molecule has 2 aliphatic heterocycles. The van der Waals surface area contributed by atoms with E-state index < -0.39 is 6.04 Å². The molecule has 36 heavy (non-hydrogen) atoms. The topological polar surface area (TPSA) is 74.0 Å². The summed E-state index contributed by atoms with van der Waals surface area (Å²) in [5, 5.41) is 7.90. The van der Waals surface area contributed by atoms with Crippen molar-refractivity contribution in [2.45, 2.75) is 25.8 Å². The highest BCUT2D eigenvalue weighted by Gasteiger charge is 2.31. The fourth-order valence-electron chi connectivity index (χ4n) is 4.73. The van der Waals surface area contributed by atoms with Gasteiger partial charge in [0.05, 0.1) is 23.4 Å². The van der Waals surface area contributed by atoms with Crippen molar-refractivity contribution in [1.82, 2.24) is 20.3 Å². The number of benzene rings is 1. The number of carbonyl (C=O) groups is 1. The fourth-order valence-corrected chi connectivity index (χ4v) is 4.86. The normalized spacial score (nSPS) is 18.9. The molecule has 1 fully saturated rings. The van der Waals surface area contributed by atoms with Gasteiger partial charge in [0, 0.05) is 48.9 Å². The number of rotatable bonds is 9. The van der Waals surface area contributed by atoms with Crippen LogP contribution in [0.1, 0.15) is 41.5 Å². The Hall–Kier alpha value is -3.00. The van der Waals surface area contributed by atoms with E-state index in [0.29, 0.717) is 17.3 Å². The number of allylic oxidation sites excluding steroid dienone is 4. The number of aryl methyl sites for hydroxylation is 1. The van der Waals surface area contributed by atoms with E-state index in [4.69, 9.17) is 21.1 Å². The molecule has 1 aromatic heterocycles. The van der Waals surface area contributed by atoms with Gasteiger partial charge < -0.3 is 19.6 Å². The Morgan fingerprint density at radius 3 is 2.53 bits per heavy atom. The maximum atomic E-state index is 13.0. The number of aromatic nitrogens is 1. The minimum Gasteiger partial charge on any atom is -0.358 e. The predicted molar refractivity (Wildman–Crippen MR) is 145 cm³/mol. The number of halogens is 1. The average molecular weight is 508 g/mol. The molecule has 1 amide bonds. The number of nitrogens with one attached hydrogen (secondary N) is 1. The highest BCUT2D eigenvalue weighted by Crippen LogP contribution is 2.39. The van der Waals surface area contributed by atoms with Gasteiger partial charge >= 0.3 is 0 Å². The zero-order chi connectivity index (χ0) is 25.7. The number of carbonyl (C=O) groups excluding carboxylic acids is 1. The van der Waals surface area contributed by atoms with Crippen LogP contribution in [-0.2, 0) is 4.79 Å². The number of aliphatic imine (C=N–C) groups is 1. The van der Waals surface area contributed by atoms with Crippen molar-refractivity contribution in [1.29, 1.82) is 0 Å². The summed E-state index contributed by atoms with van der Waals surface area (Å²) in [7, 11) is 2.15. The van der Waals surface area contributed by atoms with E-state index in [2.05, 4.69) is 40.5 Å². The molecule has 190 valence electrons. The van der Waals surface area contributed by atoms with Gasteiger partial charge in [-0.3, -0.25) is 9.79 Å². The van der Waals surface area contributed by atoms with Gasteiger partial charge in [0.25, 0.3) is 0 Å². The van der Waals surface area contributed by atoms with Crippen LogP contribution in [-0.4, -0.2) is 72.9 Å². The summed E-state index contributed by atoms with van der Waals surface area (Å²) in [6.45, 7) is 15.9. The van der Waals surface area contributed by atoms with Crippen LogP contribution >= 0.6 is 11.6 Å². The van der Waals surface area contributed by atoms with Crippen molar-refractivity contribution in [2.75, 3.05) is 46.3 Å². The largest absolute Gasteiger partial charge is 0.358 e. The fraction of sp³-hybridized carbons (Fsp3) is 0.393. The van der Waals surface area contributed by atoms with Gasteiger partial charge in [-0.25, -0.2) is 0 Å². The molecule has 0 saturated carbocycles. The molecule has 7 nitrogen and oxygen atoms in total. The first kappa shape index (κ1) is 26.1. The number of fused-ring (bicyclic) bond motifs is 1. The lowest BCUT2D eigenvalue weighted by Gasteiger charge is -2.32. The highest BCUT2D eigenvalue weighted by molar-refractivity contribution is 6.30. The summed E-state index contributed by atoms with van der Waals surface area (Å²) in [5.41, 5.74) is 4.79. The zero-order valence-corrected chi connectivity index (χ0v) is 21.9. The Balaban J connectivity index is 1.53. The van der Waals surface area contributed by atoms with E-state index in [0.717, 1.165) is 72.8 Å². The van der Waals surface area contributed by atoms with Crippen molar-refractivity contribution in [3.8, 4) is 0 Å². The Kier molecular flexibility index (Phi) is 8.56. The van der Waals surface area contributed by atoms with Crippen LogP contribution in [0.25, 0.3) is 5.57 Å². The van der Waals surface area contributed by atoms with Crippen LogP contribution in [0.15, 0.2) is 64.7 Å². The van der Waals surface area contributed by atoms with E-state index in [1.807, 2.05) is 31.2 Å². The summed E-state index contributed by atoms with van der Waals surface area (Å²) in [6.07, 6.45) is 4.60. The first-order chi connectivity index (χ1) is 17.4. The molecule has 1 aromatic carbocycles. The molecule has 1 N–H and O–H groups in total. The molecular formula is C28H34ClN5O2. The molecule has 0 aliphatic carbocycles. The smallest absolute Gasteiger partial charge is 0.222 e. The van der Waals surface area contributed by atoms with Crippen molar-refractivity contribution in [3.63, 3.8) is 0 Å². The Morgan fingerprint density at radius 1 is 1.17 bits per heavy atom. The number of hydrogen-bond donors (Lipinski definition) is 1. The van der Waals surface area contributed by atoms with Crippen LogP contribution in [0.5, 0.6) is 0 Å². The molecule has 1 saturated heterocycles. The molecule has 8 heteroatoms. The van der Waals surface area contributed by atoms with Gasteiger partial charge in [-0.15, -0.1) is 0 Å². The summed E-state index contributed by atoms with van der Waals surface area (Å²) in [4.78, 5) is 22.8. The lowest BCUT2D eigenvalue weighted by atomic mass is 9.93. The summed E-state index contributed by atoms with van der Waals surface area (Å²) in [6, 6.07) is 6.95. The van der Waals surface area contributed by atoms with Crippen LogP contribution in [0, 0.1) is 6.92 Å². The summed E-state index contributed by atoms with van der Waals surface area (Å²) < 4.78 is 5.74. The van der Waals surface area contributed by atoms with Crippen LogP contribution < -0.4 is 5.32 Å². The van der Waals surface area contributed by atoms with Crippen LogP contribution in [0.4, 0.5) is 0 Å². The third-order valence-electron chi connectivity index (χ3n) is 6.77. The Labute approximate surface area is 218 Å². The van der Waals surface area contributed by atoms with E-state index in [1.54, 1.807) is 12.2 Å². The monoisotopic (exact) mass is 507 g/mol. The first-order valence-corrected chi connectivity index (χ1v) is 12.8. The number of likely N-dealkylation sites (N-methyl/N-ethyl adjacent to an activating group) is 1. The number of piperazine rings is 1. The number of hydrogen-bond acceptors (Lipinski definition) is 6. The van der Waals surface area contributed by atoms with Crippen molar-refractivity contribution >= 4 is 28.8 Å². The van der Waals surface area contributed by atoms with Crippen LogP contribution in [0.3, 0.4) is 0 Å². The quantitative estimate of drug-likeness (QED) is 0.507. The van der Waals surface area contributed by atoms with Crippen molar-refractivity contribution in [3.05, 3.63) is 82.8 Å². The van der Waals surface area contributed by atoms with Gasteiger partial charge in [-0.2, -0.15) is 0 Å². The van der Waals surface area contributed by atoms with Crippen molar-refractivity contribution in [2.24, 2.45) is 4.99 Å². The van der Waals surface area contributed by atoms with Crippen molar-refractivity contribution < 1.29 is 9.32 Å². The maximum Gasteiger partial charge on any atom is 0.222 e. The molecule has 1 atom stereocenters. The minimum atomic E-state index is -0.531. The molecule has 0 bridgehead atoms. The first-order valence-electron chi connectivity index (χ1n) is 12.4. The zero-order valence-electron chi connectivity index (χ0n) is 21.1. The predicted octanol–water partition coefficient (Wildman–Crippen LogP) is 4.45. The molecule has 4 rings (SSSR count). The van der Waals surface area contributed by atoms with Gasteiger partial charge in [0.1, 0.15) is 6.04 Å². The lowest BCUT2D eigenvalue weighted by molar-refractivity contribution is -0.121. The minimum absolute atomic E-state index is 0.0696.